The van der Waals surface area contributed by atoms with Crippen molar-refractivity contribution in [2.75, 3.05) is 26.3 Å². The zero-order chi connectivity index (χ0) is 17.2. The third-order valence-corrected chi connectivity index (χ3v) is 12.1. The van der Waals surface area contributed by atoms with E-state index in [2.05, 4.69) is 15.2 Å². The van der Waals surface area contributed by atoms with Crippen molar-refractivity contribution < 1.29 is 17.9 Å². The van der Waals surface area contributed by atoms with Gasteiger partial charge in [-0.05, 0) is 12.1 Å². The van der Waals surface area contributed by atoms with Crippen LogP contribution in [0.2, 0.25) is 0 Å². The van der Waals surface area contributed by atoms with Crippen LogP contribution in [-0.4, -0.2) is 59.3 Å². The Hall–Kier alpha value is -1.75. The molecule has 1 fully saturated rings. The largest absolute Gasteiger partial charge is 0.379 e. The molecule has 1 unspecified atom stereocenters. The summed E-state index contributed by atoms with van der Waals surface area (Å²) in [5.74, 6) is 0. The van der Waals surface area contributed by atoms with E-state index in [1.54, 1.807) is 30.3 Å². The van der Waals surface area contributed by atoms with Crippen LogP contribution >= 0.6 is 9.06 Å². The molecule has 3 rings (SSSR count). The minimum atomic E-state index is -4.01. The van der Waals surface area contributed by atoms with Crippen molar-refractivity contribution in [3.8, 4) is 0 Å². The molecule has 24 heavy (non-hydrogen) atoms. The Balaban J connectivity index is 2.27. The minimum Gasteiger partial charge on any atom is -0.379 e. The van der Waals surface area contributed by atoms with Crippen molar-refractivity contribution in [1.82, 2.24) is 19.5 Å². The molecule has 8 nitrogen and oxygen atoms in total. The maximum atomic E-state index is 13.5. The molecular weight excluding hydrogens is 352 g/mol. The molecule has 2 aromatic rings. The Bertz CT molecular complexity index is 805. The van der Waals surface area contributed by atoms with Gasteiger partial charge in [0.25, 0.3) is 9.06 Å². The van der Waals surface area contributed by atoms with Gasteiger partial charge in [0, 0.05) is 34.0 Å². The zero-order valence-electron chi connectivity index (χ0n) is 13.1. The van der Waals surface area contributed by atoms with Gasteiger partial charge in [0.1, 0.15) is 6.33 Å². The van der Waals surface area contributed by atoms with Crippen LogP contribution in [0.3, 0.4) is 0 Å². The molecule has 2 heterocycles. The number of nitrogens with zero attached hydrogens (tertiary/aromatic N) is 3. The lowest BCUT2D eigenvalue weighted by Gasteiger charge is -2.39. The van der Waals surface area contributed by atoms with Gasteiger partial charge in [-0.15, -0.1) is 0 Å². The summed E-state index contributed by atoms with van der Waals surface area (Å²) in [5, 5.41) is 6.02. The molecule has 1 aliphatic rings. The monoisotopic (exact) mass is 370 g/mol. The molecule has 1 aliphatic heterocycles. The summed E-state index contributed by atoms with van der Waals surface area (Å²) < 4.78 is 33.7. The molecule has 1 aromatic carbocycles. The number of carbonyl (C=O) groups excluding carboxylic acids is 1. The lowest BCUT2D eigenvalue weighted by atomic mass is 10.4. The fraction of sp³-hybridized carbons (Fsp3) is 0.357. The number of morpholine rings is 1. The van der Waals surface area contributed by atoms with Gasteiger partial charge in [0.2, 0.25) is 0 Å². The summed E-state index contributed by atoms with van der Waals surface area (Å²) in [6.07, 6.45) is 1.22. The normalized spacial score (nSPS) is 20.2. The van der Waals surface area contributed by atoms with Crippen LogP contribution < -0.4 is 0 Å². The Morgan fingerprint density at radius 1 is 1.21 bits per heavy atom. The number of aromatic amines is 1. The van der Waals surface area contributed by atoms with E-state index in [4.69, 9.17) is 4.74 Å². The van der Waals surface area contributed by atoms with Crippen LogP contribution in [-0.2, 0) is 18.6 Å². The average molecular weight is 370 g/mol. The molecule has 1 saturated heterocycles. The number of aromatic nitrogens is 3. The Morgan fingerprint density at radius 3 is 2.42 bits per heavy atom. The standard InChI is InChI=1S/C14H18N4O4S2/c1-12(19)23(14-15-11-16-17-14,13-5-3-2-4-6-13)24(20,21)18-7-9-22-10-8-18/h2-6,11H,7-10H2,1H3,(H,15,16,17). The number of carbonyl (C=O) groups is 1. The number of nitrogens with one attached hydrogen (secondary N) is 1. The van der Waals surface area contributed by atoms with Crippen LogP contribution in [0.25, 0.3) is 0 Å². The van der Waals surface area contributed by atoms with Gasteiger partial charge in [-0.25, -0.2) is 13.4 Å². The predicted octanol–water partition coefficient (Wildman–Crippen LogP) is 1.15. The SMILES string of the molecule is CC(=O)S(c1ccccc1)(c1ncn[nH]1)S(=O)(=O)N1CCOCC1. The van der Waals surface area contributed by atoms with Crippen molar-refractivity contribution in [1.29, 1.82) is 0 Å². The van der Waals surface area contributed by atoms with Crippen molar-refractivity contribution in [3.63, 3.8) is 0 Å². The first-order valence-corrected chi connectivity index (χ1v) is 10.9. The molecule has 0 radical (unpaired) electrons. The first-order valence-electron chi connectivity index (χ1n) is 7.33. The number of hydrogen-bond acceptors (Lipinski definition) is 6. The van der Waals surface area contributed by atoms with E-state index in [0.29, 0.717) is 18.1 Å². The molecule has 10 heteroatoms. The van der Waals surface area contributed by atoms with Crippen molar-refractivity contribution in [2.45, 2.75) is 17.0 Å². The number of benzene rings is 1. The van der Waals surface area contributed by atoms with Crippen molar-refractivity contribution >= 4 is 23.2 Å². The van der Waals surface area contributed by atoms with E-state index in [9.17, 15) is 13.2 Å². The summed E-state index contributed by atoms with van der Waals surface area (Å²) in [6, 6.07) is 8.50. The molecule has 0 spiro atoms. The number of ether oxygens (including phenoxy) is 1. The highest BCUT2D eigenvalue weighted by Gasteiger charge is 2.51. The van der Waals surface area contributed by atoms with E-state index in [1.807, 2.05) is 0 Å². The summed E-state index contributed by atoms with van der Waals surface area (Å²) in [5.41, 5.74) is 0. The summed E-state index contributed by atoms with van der Waals surface area (Å²) in [4.78, 5) is 17.2. The highest BCUT2D eigenvalue weighted by Crippen LogP contribution is 2.67. The lowest BCUT2D eigenvalue weighted by Crippen LogP contribution is -2.43. The molecule has 1 aromatic heterocycles. The molecule has 0 aliphatic carbocycles. The van der Waals surface area contributed by atoms with Crippen LogP contribution in [0, 0.1) is 0 Å². The second kappa shape index (κ2) is 6.63. The molecule has 1 N–H and O–H groups in total. The Morgan fingerprint density at radius 2 is 1.88 bits per heavy atom. The van der Waals surface area contributed by atoms with Gasteiger partial charge in [0.15, 0.2) is 10.3 Å². The van der Waals surface area contributed by atoms with E-state index < -0.39 is 23.2 Å². The Kier molecular flexibility index (Phi) is 4.72. The van der Waals surface area contributed by atoms with Gasteiger partial charge < -0.3 is 4.74 Å². The molecule has 1 atom stereocenters. The third-order valence-electron chi connectivity index (χ3n) is 3.75. The molecule has 0 saturated carbocycles. The first-order chi connectivity index (χ1) is 11.5. The topological polar surface area (TPSA) is 105 Å². The Labute approximate surface area is 141 Å². The highest BCUT2D eigenvalue weighted by atomic mass is 33.2. The van der Waals surface area contributed by atoms with Gasteiger partial charge in [0.05, 0.1) is 13.2 Å². The number of rotatable bonds is 4. The summed E-state index contributed by atoms with van der Waals surface area (Å²) >= 11 is 0. The molecule has 0 bridgehead atoms. The van der Waals surface area contributed by atoms with Crippen molar-refractivity contribution in [3.05, 3.63) is 36.7 Å². The van der Waals surface area contributed by atoms with E-state index >= 15 is 0 Å². The van der Waals surface area contributed by atoms with Gasteiger partial charge in [-0.1, -0.05) is 18.2 Å². The predicted molar refractivity (Wildman–Crippen MR) is 88.9 cm³/mol. The number of hydrogen-bond donors (Lipinski definition) is 1. The first kappa shape index (κ1) is 17.1. The van der Waals surface area contributed by atoms with E-state index in [0.717, 1.165) is 0 Å². The zero-order valence-corrected chi connectivity index (χ0v) is 14.7. The lowest BCUT2D eigenvalue weighted by molar-refractivity contribution is -0.109. The second-order valence-corrected chi connectivity index (χ2v) is 11.8. The van der Waals surface area contributed by atoms with Crippen LogP contribution in [0.4, 0.5) is 0 Å². The van der Waals surface area contributed by atoms with Crippen LogP contribution in [0.5, 0.6) is 0 Å². The van der Waals surface area contributed by atoms with Gasteiger partial charge >= 0.3 is 0 Å². The smallest absolute Gasteiger partial charge is 0.267 e. The second-order valence-electron chi connectivity index (χ2n) is 5.12. The van der Waals surface area contributed by atoms with Crippen LogP contribution in [0.15, 0.2) is 46.7 Å². The fourth-order valence-electron chi connectivity index (χ4n) is 2.66. The van der Waals surface area contributed by atoms with E-state index in [-0.39, 0.29) is 18.2 Å². The average Bonchev–Trinajstić information content (AvgIpc) is 3.11. The third kappa shape index (κ3) is 2.55. The quantitative estimate of drug-likeness (QED) is 0.810. The molecule has 0 amide bonds. The van der Waals surface area contributed by atoms with Gasteiger partial charge in [-0.3, -0.25) is 9.89 Å². The summed E-state index contributed by atoms with van der Waals surface area (Å²) in [7, 11) is -7.14. The van der Waals surface area contributed by atoms with E-state index in [1.165, 1.54) is 17.6 Å². The maximum absolute atomic E-state index is 13.5. The fourth-order valence-corrected chi connectivity index (χ4v) is 10.2. The van der Waals surface area contributed by atoms with Crippen molar-refractivity contribution in [2.24, 2.45) is 0 Å². The summed E-state index contributed by atoms with van der Waals surface area (Å²) in [6.45, 7) is 2.33. The minimum absolute atomic E-state index is 0.0766. The van der Waals surface area contributed by atoms with Crippen LogP contribution in [0.1, 0.15) is 6.92 Å². The molecule has 130 valence electrons. The highest BCUT2D eigenvalue weighted by molar-refractivity contribution is 8.95. The molecular formula is C14H18N4O4S2. The maximum Gasteiger partial charge on any atom is 0.267 e. The van der Waals surface area contributed by atoms with Gasteiger partial charge in [-0.2, -0.15) is 9.40 Å². The number of H-pyrrole nitrogens is 1.